The molecule has 0 bridgehead atoms. The van der Waals surface area contributed by atoms with Gasteiger partial charge in [-0.15, -0.1) is 0 Å². The molecule has 2 rings (SSSR count). The van der Waals surface area contributed by atoms with Crippen molar-refractivity contribution in [2.24, 2.45) is 5.92 Å². The first-order valence-electron chi connectivity index (χ1n) is 6.88. The number of hydrogen-bond donors (Lipinski definition) is 1. The molecule has 0 aliphatic carbocycles. The van der Waals surface area contributed by atoms with Gasteiger partial charge in [-0.25, -0.2) is 4.98 Å². The van der Waals surface area contributed by atoms with Crippen molar-refractivity contribution in [1.82, 2.24) is 9.88 Å². The Morgan fingerprint density at radius 1 is 1.43 bits per heavy atom. The number of carbonyl (C=O) groups excluding carboxylic acids is 1. The Bertz CT molecular complexity index is 592. The fraction of sp³-hybridized carbons (Fsp3) is 0.500. The summed E-state index contributed by atoms with van der Waals surface area (Å²) in [6.07, 6.45) is -3.31. The third-order valence-electron chi connectivity index (χ3n) is 3.80. The molecular weight excluding hydrogens is 333 g/mol. The Kier molecular flexibility index (Phi) is 5.18. The highest BCUT2D eigenvalue weighted by atomic mass is 32.2. The highest BCUT2D eigenvalue weighted by Crippen LogP contribution is 2.30. The van der Waals surface area contributed by atoms with Crippen LogP contribution in [0.2, 0.25) is 0 Å². The number of hydrogen-bond acceptors (Lipinski definition) is 4. The lowest BCUT2D eigenvalue weighted by Crippen LogP contribution is -2.38. The maximum absolute atomic E-state index is 12.4. The van der Waals surface area contributed by atoms with Gasteiger partial charge in [-0.1, -0.05) is 11.8 Å². The topological polar surface area (TPSA) is 70.5 Å². The fourth-order valence-corrected chi connectivity index (χ4v) is 3.20. The summed E-state index contributed by atoms with van der Waals surface area (Å²) in [7, 11) is 0. The van der Waals surface area contributed by atoms with Gasteiger partial charge in [0.05, 0.1) is 22.3 Å². The number of carbonyl (C=O) groups is 2. The molecule has 0 radical (unpaired) electrons. The maximum Gasteiger partial charge on any atom is 0.417 e. The van der Waals surface area contributed by atoms with E-state index in [1.165, 1.54) is 11.0 Å². The van der Waals surface area contributed by atoms with Gasteiger partial charge in [-0.3, -0.25) is 9.59 Å². The minimum absolute atomic E-state index is 0.00897. The van der Waals surface area contributed by atoms with Crippen molar-refractivity contribution in [3.8, 4) is 0 Å². The fourth-order valence-electron chi connectivity index (χ4n) is 2.47. The molecule has 1 aliphatic rings. The summed E-state index contributed by atoms with van der Waals surface area (Å²) in [5, 5.41) is 9.35. The Morgan fingerprint density at radius 3 is 2.61 bits per heavy atom. The summed E-state index contributed by atoms with van der Waals surface area (Å²) in [6.45, 7) is 2.06. The van der Waals surface area contributed by atoms with Crippen molar-refractivity contribution in [1.29, 1.82) is 0 Å². The van der Waals surface area contributed by atoms with Gasteiger partial charge in [0.1, 0.15) is 0 Å². The van der Waals surface area contributed by atoms with Gasteiger partial charge < -0.3 is 10.0 Å². The molecule has 2 atom stereocenters. The molecule has 0 aromatic carbocycles. The second-order valence-corrected chi connectivity index (χ2v) is 6.23. The normalized spacial score (nSPS) is 21.5. The molecule has 5 nitrogen and oxygen atoms in total. The molecular formula is C14H15F3N2O3S. The summed E-state index contributed by atoms with van der Waals surface area (Å²) in [5.41, 5.74) is -0.842. The molecule has 23 heavy (non-hydrogen) atoms. The summed E-state index contributed by atoms with van der Waals surface area (Å²) < 4.78 is 37.3. The van der Waals surface area contributed by atoms with Crippen LogP contribution in [0.5, 0.6) is 0 Å². The van der Waals surface area contributed by atoms with Crippen LogP contribution in [0.15, 0.2) is 23.4 Å². The first kappa shape index (κ1) is 17.6. The largest absolute Gasteiger partial charge is 0.481 e. The Labute approximate surface area is 134 Å². The number of pyridine rings is 1. The standard InChI is InChI=1S/C14H15F3N2O3S/c1-8-10(13(21)22)4-5-19(8)12(20)7-23-11-3-2-9(6-18-11)14(15,16)17/h2-3,6,8,10H,4-5,7H2,1H3,(H,21,22). The van der Waals surface area contributed by atoms with E-state index in [2.05, 4.69) is 4.98 Å². The van der Waals surface area contributed by atoms with Crippen LogP contribution in [0.1, 0.15) is 18.9 Å². The SMILES string of the molecule is CC1C(C(=O)O)CCN1C(=O)CSc1ccc(C(F)(F)F)cn1. The van der Waals surface area contributed by atoms with Crippen LogP contribution >= 0.6 is 11.8 Å². The number of likely N-dealkylation sites (tertiary alicyclic amines) is 1. The van der Waals surface area contributed by atoms with E-state index in [9.17, 15) is 22.8 Å². The predicted molar refractivity (Wildman–Crippen MR) is 76.9 cm³/mol. The van der Waals surface area contributed by atoms with E-state index in [-0.39, 0.29) is 17.7 Å². The molecule has 126 valence electrons. The average Bonchev–Trinajstić information content (AvgIpc) is 2.86. The monoisotopic (exact) mass is 348 g/mol. The lowest BCUT2D eigenvalue weighted by Gasteiger charge is -2.23. The van der Waals surface area contributed by atoms with E-state index >= 15 is 0 Å². The summed E-state index contributed by atoms with van der Waals surface area (Å²) in [4.78, 5) is 28.3. The Balaban J connectivity index is 1.91. The van der Waals surface area contributed by atoms with Crippen LogP contribution in [0.4, 0.5) is 13.2 Å². The average molecular weight is 348 g/mol. The number of halogens is 3. The Morgan fingerprint density at radius 2 is 2.13 bits per heavy atom. The van der Waals surface area contributed by atoms with Gasteiger partial charge in [0.2, 0.25) is 5.91 Å². The minimum Gasteiger partial charge on any atom is -0.481 e. The lowest BCUT2D eigenvalue weighted by atomic mass is 10.0. The van der Waals surface area contributed by atoms with Crippen LogP contribution in [0.25, 0.3) is 0 Å². The molecule has 0 saturated carbocycles. The number of carboxylic acid groups (broad SMARTS) is 1. The number of thioether (sulfide) groups is 1. The number of nitrogens with zero attached hydrogens (tertiary/aromatic N) is 2. The summed E-state index contributed by atoms with van der Waals surface area (Å²) in [5.74, 6) is -1.74. The van der Waals surface area contributed by atoms with Gasteiger partial charge in [-0.05, 0) is 25.5 Å². The number of amides is 1. The van der Waals surface area contributed by atoms with Crippen LogP contribution in [0.3, 0.4) is 0 Å². The van der Waals surface area contributed by atoms with Crippen molar-refractivity contribution in [2.45, 2.75) is 30.6 Å². The minimum atomic E-state index is -4.44. The molecule has 1 aliphatic heterocycles. The second kappa shape index (κ2) is 6.77. The van der Waals surface area contributed by atoms with E-state index in [0.717, 1.165) is 24.0 Å². The van der Waals surface area contributed by atoms with Crippen LogP contribution < -0.4 is 0 Å². The quantitative estimate of drug-likeness (QED) is 0.847. The highest BCUT2D eigenvalue weighted by molar-refractivity contribution is 7.99. The van der Waals surface area contributed by atoms with Crippen LogP contribution in [-0.4, -0.2) is 45.2 Å². The van der Waals surface area contributed by atoms with Crippen molar-refractivity contribution in [2.75, 3.05) is 12.3 Å². The zero-order valence-electron chi connectivity index (χ0n) is 12.2. The van der Waals surface area contributed by atoms with E-state index in [1.54, 1.807) is 6.92 Å². The molecule has 2 heterocycles. The zero-order valence-corrected chi connectivity index (χ0v) is 13.0. The van der Waals surface area contributed by atoms with E-state index in [0.29, 0.717) is 18.0 Å². The predicted octanol–water partition coefficient (Wildman–Crippen LogP) is 2.51. The van der Waals surface area contributed by atoms with Gasteiger partial charge >= 0.3 is 12.1 Å². The molecule has 1 aromatic heterocycles. The van der Waals surface area contributed by atoms with Gasteiger partial charge in [0.15, 0.2) is 0 Å². The zero-order chi connectivity index (χ0) is 17.2. The number of aliphatic carboxylic acids is 1. The first-order valence-corrected chi connectivity index (χ1v) is 7.87. The molecule has 0 spiro atoms. The van der Waals surface area contributed by atoms with Crippen molar-refractivity contribution >= 4 is 23.6 Å². The first-order chi connectivity index (χ1) is 10.7. The third kappa shape index (κ3) is 4.15. The van der Waals surface area contributed by atoms with E-state index < -0.39 is 23.6 Å². The summed E-state index contributed by atoms with van der Waals surface area (Å²) in [6, 6.07) is 1.74. The number of rotatable bonds is 4. The highest BCUT2D eigenvalue weighted by Gasteiger charge is 2.37. The van der Waals surface area contributed by atoms with Crippen LogP contribution in [0, 0.1) is 5.92 Å². The summed E-state index contributed by atoms with van der Waals surface area (Å²) >= 11 is 1.03. The molecule has 1 aromatic rings. The van der Waals surface area contributed by atoms with Crippen LogP contribution in [-0.2, 0) is 15.8 Å². The lowest BCUT2D eigenvalue weighted by molar-refractivity contribution is -0.143. The van der Waals surface area contributed by atoms with Crippen molar-refractivity contribution in [3.63, 3.8) is 0 Å². The Hall–Kier alpha value is -1.77. The molecule has 2 unspecified atom stereocenters. The van der Waals surface area contributed by atoms with Crippen molar-refractivity contribution in [3.05, 3.63) is 23.9 Å². The number of aromatic nitrogens is 1. The maximum atomic E-state index is 12.4. The van der Waals surface area contributed by atoms with E-state index in [4.69, 9.17) is 5.11 Å². The van der Waals surface area contributed by atoms with Gasteiger partial charge in [0, 0.05) is 18.8 Å². The molecule has 1 N–H and O–H groups in total. The smallest absolute Gasteiger partial charge is 0.417 e. The third-order valence-corrected chi connectivity index (χ3v) is 4.73. The molecule has 1 saturated heterocycles. The molecule has 1 fully saturated rings. The van der Waals surface area contributed by atoms with Gasteiger partial charge in [-0.2, -0.15) is 13.2 Å². The van der Waals surface area contributed by atoms with E-state index in [1.807, 2.05) is 0 Å². The van der Waals surface area contributed by atoms with Crippen molar-refractivity contribution < 1.29 is 27.9 Å². The number of carboxylic acids is 1. The number of alkyl halides is 3. The van der Waals surface area contributed by atoms with Gasteiger partial charge in [0.25, 0.3) is 0 Å². The second-order valence-electron chi connectivity index (χ2n) is 5.23. The molecule has 1 amide bonds. The molecule has 9 heteroatoms.